The molecule has 6 aliphatic heterocycles. The van der Waals surface area contributed by atoms with E-state index >= 15 is 0 Å². The third kappa shape index (κ3) is 16.0. The highest BCUT2D eigenvalue weighted by Crippen LogP contribution is 2.49. The lowest BCUT2D eigenvalue weighted by molar-refractivity contribution is 0.00874. The van der Waals surface area contributed by atoms with Crippen molar-refractivity contribution in [3.63, 3.8) is 0 Å². The number of piperidine rings is 3. The Morgan fingerprint density at radius 1 is 0.481 bits per heavy atom. The topological polar surface area (TPSA) is 244 Å². The van der Waals surface area contributed by atoms with Crippen molar-refractivity contribution in [3.05, 3.63) is 200 Å². The van der Waals surface area contributed by atoms with E-state index in [0.717, 1.165) is 151 Å². The number of ketones is 1. The molecule has 2 N–H and O–H groups in total. The number of carbonyl (C=O) groups excluding carboxylic acids is 2. The van der Waals surface area contributed by atoms with Gasteiger partial charge in [0.1, 0.15) is 51.2 Å². The quantitative estimate of drug-likeness (QED) is 0.0409. The molecule has 9 aromatic rings. The number of pyridine rings is 3. The number of halogens is 1. The fraction of sp³-hybridized carbons (Fsp3) is 0.458. The smallest absolute Gasteiger partial charge is 0.338 e. The number of benzene rings is 3. The fourth-order valence-electron chi connectivity index (χ4n) is 16.7. The van der Waals surface area contributed by atoms with Crippen LogP contribution in [0.15, 0.2) is 141 Å². The summed E-state index contributed by atoms with van der Waals surface area (Å²) in [6.45, 7) is 9.65. The summed E-state index contributed by atoms with van der Waals surface area (Å²) in [4.78, 5) is 51.7. The van der Waals surface area contributed by atoms with E-state index < -0.39 is 11.9 Å². The van der Waals surface area contributed by atoms with E-state index in [1.165, 1.54) is 91.8 Å². The van der Waals surface area contributed by atoms with Gasteiger partial charge in [-0.15, -0.1) is 0 Å². The van der Waals surface area contributed by atoms with Gasteiger partial charge in [-0.2, -0.15) is 0 Å². The molecule has 0 spiro atoms. The van der Waals surface area contributed by atoms with E-state index in [4.69, 9.17) is 39.4 Å². The average Bonchev–Trinajstić information content (AvgIpc) is 1.64. The van der Waals surface area contributed by atoms with Crippen molar-refractivity contribution in [2.24, 2.45) is 0 Å². The molecule has 9 fully saturated rings. The molecular formula is C83H92ClN9O11. The van der Waals surface area contributed by atoms with Gasteiger partial charge in [0.2, 0.25) is 0 Å². The number of Topliss-reactive ketones (excluding diaryl/α,β-unsaturated/α-hetero) is 1. The van der Waals surface area contributed by atoms with Gasteiger partial charge < -0.3 is 52.7 Å². The second-order valence-electron chi connectivity index (χ2n) is 29.9. The lowest BCUT2D eigenvalue weighted by Crippen LogP contribution is -2.46. The lowest BCUT2D eigenvalue weighted by atomic mass is 9.98. The van der Waals surface area contributed by atoms with Gasteiger partial charge in [-0.1, -0.05) is 99.9 Å². The largest absolute Gasteiger partial charge is 0.478 e. The van der Waals surface area contributed by atoms with Gasteiger partial charge in [0.25, 0.3) is 0 Å². The Labute approximate surface area is 611 Å². The van der Waals surface area contributed by atoms with Crippen molar-refractivity contribution < 1.29 is 52.0 Å². The summed E-state index contributed by atoms with van der Waals surface area (Å²) in [5.74, 6) is 5.03. The molecule has 542 valence electrons. The molecule has 0 radical (unpaired) electrons. The zero-order valence-electron chi connectivity index (χ0n) is 59.9. The predicted octanol–water partition coefficient (Wildman–Crippen LogP) is 17.0. The number of aryl methyl sites for hydroxylation is 3. The number of carboxylic acid groups (broad SMARTS) is 1. The predicted molar refractivity (Wildman–Crippen MR) is 394 cm³/mol. The third-order valence-electron chi connectivity index (χ3n) is 22.5. The van der Waals surface area contributed by atoms with Crippen LogP contribution in [0.2, 0.25) is 5.15 Å². The zero-order chi connectivity index (χ0) is 71.5. The summed E-state index contributed by atoms with van der Waals surface area (Å²) in [7, 11) is 1.32. The number of carboxylic acids is 1. The number of anilines is 2. The van der Waals surface area contributed by atoms with Crippen molar-refractivity contribution in [1.29, 1.82) is 0 Å². The second kappa shape index (κ2) is 31.4. The van der Waals surface area contributed by atoms with Crippen LogP contribution in [-0.2, 0) is 38.8 Å². The Balaban J connectivity index is 0.000000118. The first-order chi connectivity index (χ1) is 50.7. The minimum atomic E-state index is -0.918. The van der Waals surface area contributed by atoms with E-state index in [1.807, 2.05) is 18.2 Å². The second-order valence-corrected chi connectivity index (χ2v) is 30.2. The molecule has 12 heterocycles. The number of nitrogens with zero attached hydrogens (tertiary/aromatic N) is 8. The molecule has 0 amide bonds. The van der Waals surface area contributed by atoms with Crippen LogP contribution in [0.5, 0.6) is 0 Å². The summed E-state index contributed by atoms with van der Waals surface area (Å²) >= 11 is 5.53. The van der Waals surface area contributed by atoms with Crippen LogP contribution in [0, 0.1) is 20.8 Å². The number of nitrogens with one attached hydrogen (secondary N) is 1. The zero-order valence-corrected chi connectivity index (χ0v) is 60.6. The molecule has 6 unspecified atom stereocenters. The normalized spacial score (nSPS) is 23.5. The van der Waals surface area contributed by atoms with E-state index in [0.29, 0.717) is 85.5 Å². The van der Waals surface area contributed by atoms with E-state index in [9.17, 15) is 19.5 Å². The highest BCUT2D eigenvalue weighted by Gasteiger charge is 2.45. The maximum Gasteiger partial charge on any atom is 0.338 e. The number of hydrogen-bond donors (Lipinski definition) is 2. The summed E-state index contributed by atoms with van der Waals surface area (Å²) in [5, 5.41) is 26.7. The Bertz CT molecular complexity index is 4310. The number of rotatable bonds is 20. The first-order valence-electron chi connectivity index (χ1n) is 37.3. The van der Waals surface area contributed by atoms with Gasteiger partial charge in [0, 0.05) is 112 Å². The van der Waals surface area contributed by atoms with Gasteiger partial charge in [0.15, 0.2) is 5.78 Å². The van der Waals surface area contributed by atoms with Crippen LogP contribution >= 0.6 is 11.6 Å². The highest BCUT2D eigenvalue weighted by atomic mass is 35.5. The van der Waals surface area contributed by atoms with Gasteiger partial charge in [0.05, 0.1) is 56.4 Å². The van der Waals surface area contributed by atoms with E-state index in [2.05, 4.69) is 132 Å². The van der Waals surface area contributed by atoms with Gasteiger partial charge in [-0.3, -0.25) is 4.79 Å². The number of aromatic nitrogens is 6. The molecule has 21 heteroatoms. The fourth-order valence-corrected chi connectivity index (χ4v) is 16.8. The Morgan fingerprint density at radius 2 is 0.846 bits per heavy atom. The van der Waals surface area contributed by atoms with Crippen LogP contribution in [0.4, 0.5) is 11.6 Å². The summed E-state index contributed by atoms with van der Waals surface area (Å²) in [6.07, 6.45) is 25.7. The first-order valence-corrected chi connectivity index (χ1v) is 37.7. The van der Waals surface area contributed by atoms with Gasteiger partial charge in [-0.25, -0.2) is 24.5 Å². The molecule has 6 aromatic heterocycles. The molecule has 3 saturated carbocycles. The number of ether oxygens (including phenoxy) is 4. The number of carbonyl (C=O) groups is 3. The number of hydrogen-bond acceptors (Lipinski definition) is 19. The molecule has 6 bridgehead atoms. The van der Waals surface area contributed by atoms with Crippen molar-refractivity contribution in [2.75, 3.05) is 16.9 Å². The standard InChI is InChI=1S/C28H31N3O3.C27H29N3O4.C21H26N2O2.C7H6ClNO2/c1-17-5-3-4-6-24(17)27-25(28(34-30-27)19-7-8-19)16-33-23-14-21-9-10-22(15-23)31(21)26-13-20(18(2)32)11-12-29-26;1-16-4-2-3-5-22(16)25-23(26(34-29-25)17-6-7-17)15-33-21-13-19-8-9-20(14-21)30(19)24-12-18(27(31)32)10-11-28-24;1-13-4-2-3-5-18(13)20-19(21(25-23-20)14-6-7-14)12-24-17-10-15-8-9-16(11-17)22-15;1-11-7(10)5-2-3-9-6(8)4-5/h3-6,11-13,19,21-23H,7-10,14-16H2,1-2H3;2-5,10-12,17,19-21H,6-9,13-15H2,1H3,(H,31,32);2-5,14-17,22H,6-12H2,1H3;2-4H,1H3/t21-,22?,23?;19-,20?,21?;15-,16?,17?;/m000./s1. The van der Waals surface area contributed by atoms with Crippen LogP contribution in [0.1, 0.15) is 222 Å². The van der Waals surface area contributed by atoms with Crippen molar-refractivity contribution in [2.45, 2.75) is 235 Å². The summed E-state index contributed by atoms with van der Waals surface area (Å²) in [5.41, 5.74) is 14.7. The van der Waals surface area contributed by atoms with E-state index in [-0.39, 0.29) is 28.7 Å². The van der Waals surface area contributed by atoms with Crippen LogP contribution < -0.4 is 15.1 Å². The number of methoxy groups -OCH3 is 1. The number of fused-ring (bicyclic) bond motifs is 6. The molecule has 104 heavy (non-hydrogen) atoms. The maximum absolute atomic E-state index is 11.9. The molecule has 9 atom stereocenters. The maximum atomic E-state index is 11.9. The SMILES string of the molecule is CC(=O)c1ccnc(N2C3CC[C@H]2CC(OCc2c(-c4ccccc4C)noc2C2CC2)C3)c1.COC(=O)c1ccnc(Cl)c1.Cc1ccccc1-c1noc(C2CC2)c1COC1CC2CC[C@@H](C1)N2.Cc1ccccc1-c1noc(C2CC2)c1COC1CC2CC[C@@H](C1)N2c1cc(C(=O)O)ccn1. The molecular weight excluding hydrogens is 1330 g/mol. The van der Waals surface area contributed by atoms with Crippen LogP contribution in [0.25, 0.3) is 33.8 Å². The molecule has 9 aliphatic rings. The molecule has 3 aromatic carbocycles. The van der Waals surface area contributed by atoms with E-state index in [1.54, 1.807) is 37.5 Å². The van der Waals surface area contributed by atoms with Crippen molar-refractivity contribution in [3.8, 4) is 33.8 Å². The Morgan fingerprint density at radius 3 is 1.21 bits per heavy atom. The molecule has 18 rings (SSSR count). The molecule has 3 aliphatic carbocycles. The number of esters is 1. The van der Waals surface area contributed by atoms with Crippen LogP contribution in [0.3, 0.4) is 0 Å². The highest BCUT2D eigenvalue weighted by molar-refractivity contribution is 6.29. The van der Waals surface area contributed by atoms with Gasteiger partial charge >= 0.3 is 11.9 Å². The van der Waals surface area contributed by atoms with Crippen molar-refractivity contribution >= 4 is 41.0 Å². The molecule has 6 saturated heterocycles. The Kier molecular flexibility index (Phi) is 21.4. The average molecular weight is 1430 g/mol. The monoisotopic (exact) mass is 1430 g/mol. The van der Waals surface area contributed by atoms with Crippen LogP contribution in [-0.4, -0.2) is 115 Å². The summed E-state index contributed by atoms with van der Waals surface area (Å²) in [6, 6.07) is 37.8. The Hall–Kier alpha value is -8.92. The lowest BCUT2D eigenvalue weighted by Gasteiger charge is -2.39. The van der Waals surface area contributed by atoms with Crippen molar-refractivity contribution in [1.82, 2.24) is 35.7 Å². The molecule has 20 nitrogen and oxygen atoms in total. The minimum Gasteiger partial charge on any atom is -0.478 e. The first kappa shape index (κ1) is 70.7. The number of aromatic carboxylic acids is 1. The summed E-state index contributed by atoms with van der Waals surface area (Å²) < 4.78 is 41.4. The minimum absolute atomic E-state index is 0.0823. The third-order valence-corrected chi connectivity index (χ3v) is 22.7. The van der Waals surface area contributed by atoms with Gasteiger partial charge in [-0.05, 0) is 196 Å².